The van der Waals surface area contributed by atoms with Crippen molar-refractivity contribution >= 4 is 33.8 Å². The highest BCUT2D eigenvalue weighted by Crippen LogP contribution is 2.29. The predicted octanol–water partition coefficient (Wildman–Crippen LogP) is 3.57. The number of halogens is 2. The van der Waals surface area contributed by atoms with Gasteiger partial charge in [-0.05, 0) is 12.1 Å². The van der Waals surface area contributed by atoms with Crippen LogP contribution in [0.3, 0.4) is 0 Å². The molecule has 0 aliphatic heterocycles. The summed E-state index contributed by atoms with van der Waals surface area (Å²) in [6.07, 6.45) is 0.611. The van der Waals surface area contributed by atoms with Crippen molar-refractivity contribution in [3.8, 4) is 11.3 Å². The molecule has 0 fully saturated rings. The highest BCUT2D eigenvalue weighted by atomic mass is 79.9. The van der Waals surface area contributed by atoms with Gasteiger partial charge in [0.2, 0.25) is 0 Å². The lowest BCUT2D eigenvalue weighted by Gasteiger charge is -1.99. The third-order valence-corrected chi connectivity index (χ3v) is 2.74. The van der Waals surface area contributed by atoms with Crippen LogP contribution in [0.2, 0.25) is 5.02 Å². The maximum Gasteiger partial charge on any atom is 0.199 e. The van der Waals surface area contributed by atoms with E-state index in [9.17, 15) is 4.79 Å². The number of aldehydes is 1. The van der Waals surface area contributed by atoms with E-state index in [1.54, 1.807) is 24.3 Å². The molecule has 5 heteroatoms. The molecule has 0 saturated carbocycles. The van der Waals surface area contributed by atoms with Crippen molar-refractivity contribution < 1.29 is 9.32 Å². The third kappa shape index (κ3) is 2.11. The van der Waals surface area contributed by atoms with E-state index in [2.05, 4.69) is 21.1 Å². The minimum Gasteiger partial charge on any atom is -0.353 e. The Morgan fingerprint density at radius 2 is 2.20 bits per heavy atom. The molecule has 0 aliphatic rings. The fraction of sp³-hybridized carbons (Fsp3) is 0. The summed E-state index contributed by atoms with van der Waals surface area (Å²) in [5, 5.41) is 4.40. The summed E-state index contributed by atoms with van der Waals surface area (Å²) in [6.45, 7) is 0. The van der Waals surface area contributed by atoms with Crippen molar-refractivity contribution in [2.24, 2.45) is 0 Å². The highest BCUT2D eigenvalue weighted by Gasteiger charge is 2.09. The van der Waals surface area contributed by atoms with Crippen LogP contribution in [0.1, 0.15) is 10.6 Å². The molecule has 0 bridgehead atoms. The lowest BCUT2D eigenvalue weighted by molar-refractivity contribution is 0.109. The molecule has 15 heavy (non-hydrogen) atoms. The topological polar surface area (TPSA) is 43.1 Å². The Balaban J connectivity index is 2.49. The summed E-state index contributed by atoms with van der Waals surface area (Å²) >= 11 is 9.17. The lowest BCUT2D eigenvalue weighted by Crippen LogP contribution is -1.79. The maximum atomic E-state index is 10.4. The molecule has 1 heterocycles. The van der Waals surface area contributed by atoms with Crippen molar-refractivity contribution in [1.82, 2.24) is 5.16 Å². The van der Waals surface area contributed by atoms with E-state index in [4.69, 9.17) is 16.1 Å². The van der Waals surface area contributed by atoms with Gasteiger partial charge in [0.05, 0.1) is 0 Å². The first kappa shape index (κ1) is 10.4. The summed E-state index contributed by atoms with van der Waals surface area (Å²) in [6, 6.07) is 6.88. The van der Waals surface area contributed by atoms with Gasteiger partial charge in [-0.1, -0.05) is 38.8 Å². The SMILES string of the molecule is O=Cc1cc(-c2ccc(Cl)cc2Br)no1. The van der Waals surface area contributed by atoms with E-state index in [0.29, 0.717) is 17.0 Å². The average molecular weight is 287 g/mol. The van der Waals surface area contributed by atoms with Gasteiger partial charge in [0.25, 0.3) is 0 Å². The Morgan fingerprint density at radius 1 is 1.40 bits per heavy atom. The quantitative estimate of drug-likeness (QED) is 0.793. The van der Waals surface area contributed by atoms with Crippen LogP contribution in [0.4, 0.5) is 0 Å². The van der Waals surface area contributed by atoms with Crippen molar-refractivity contribution in [1.29, 1.82) is 0 Å². The van der Waals surface area contributed by atoms with E-state index in [-0.39, 0.29) is 5.76 Å². The van der Waals surface area contributed by atoms with Gasteiger partial charge in [-0.3, -0.25) is 4.79 Å². The van der Waals surface area contributed by atoms with Crippen LogP contribution in [0.5, 0.6) is 0 Å². The molecular formula is C10H5BrClNO2. The molecule has 2 aromatic rings. The number of benzene rings is 1. The minimum absolute atomic E-state index is 0.201. The van der Waals surface area contributed by atoms with E-state index in [1.165, 1.54) is 0 Å². The molecular weight excluding hydrogens is 281 g/mol. The fourth-order valence-corrected chi connectivity index (χ4v) is 2.05. The van der Waals surface area contributed by atoms with Crippen molar-refractivity contribution in [3.05, 3.63) is 39.5 Å². The lowest BCUT2D eigenvalue weighted by atomic mass is 10.1. The first-order chi connectivity index (χ1) is 7.20. The molecule has 0 radical (unpaired) electrons. The molecule has 76 valence electrons. The van der Waals surface area contributed by atoms with Gasteiger partial charge in [0, 0.05) is 21.1 Å². The number of carbonyl (C=O) groups excluding carboxylic acids is 1. The fourth-order valence-electron chi connectivity index (χ4n) is 1.17. The standard InChI is InChI=1S/C10H5BrClNO2/c11-9-3-6(12)1-2-8(9)10-4-7(5-14)15-13-10/h1-5H. The summed E-state index contributed by atoms with van der Waals surface area (Å²) < 4.78 is 5.59. The second kappa shape index (κ2) is 4.16. The number of nitrogens with zero attached hydrogens (tertiary/aromatic N) is 1. The smallest absolute Gasteiger partial charge is 0.199 e. The number of rotatable bonds is 2. The van der Waals surface area contributed by atoms with Gasteiger partial charge in [-0.25, -0.2) is 0 Å². The Kier molecular flexibility index (Phi) is 2.88. The molecule has 0 N–H and O–H groups in total. The molecule has 1 aromatic carbocycles. The first-order valence-electron chi connectivity index (χ1n) is 4.08. The Hall–Kier alpha value is -1.13. The van der Waals surface area contributed by atoms with Crippen LogP contribution < -0.4 is 0 Å². The second-order valence-corrected chi connectivity index (χ2v) is 4.15. The Morgan fingerprint density at radius 3 is 2.80 bits per heavy atom. The molecule has 1 aromatic heterocycles. The average Bonchev–Trinajstić information content (AvgIpc) is 2.66. The summed E-state index contributed by atoms with van der Waals surface area (Å²) in [5.41, 5.74) is 1.43. The van der Waals surface area contributed by atoms with Gasteiger partial charge >= 0.3 is 0 Å². The molecule has 0 aliphatic carbocycles. The zero-order valence-corrected chi connectivity index (χ0v) is 9.75. The van der Waals surface area contributed by atoms with Crippen LogP contribution in [0.25, 0.3) is 11.3 Å². The third-order valence-electron chi connectivity index (χ3n) is 1.85. The minimum atomic E-state index is 0.201. The number of carbonyl (C=O) groups is 1. The van der Waals surface area contributed by atoms with E-state index < -0.39 is 0 Å². The zero-order valence-electron chi connectivity index (χ0n) is 7.41. The molecule has 0 atom stereocenters. The maximum absolute atomic E-state index is 10.4. The summed E-state index contributed by atoms with van der Waals surface area (Å²) in [7, 11) is 0. The summed E-state index contributed by atoms with van der Waals surface area (Å²) in [4.78, 5) is 10.4. The molecule has 2 rings (SSSR count). The summed E-state index contributed by atoms with van der Waals surface area (Å²) in [5.74, 6) is 0.201. The van der Waals surface area contributed by atoms with Crippen molar-refractivity contribution in [2.45, 2.75) is 0 Å². The van der Waals surface area contributed by atoms with Crippen LogP contribution in [-0.2, 0) is 0 Å². The largest absolute Gasteiger partial charge is 0.353 e. The van der Waals surface area contributed by atoms with Gasteiger partial charge in [0.1, 0.15) is 5.69 Å². The van der Waals surface area contributed by atoms with Crippen LogP contribution in [-0.4, -0.2) is 11.4 Å². The molecule has 0 spiro atoms. The van der Waals surface area contributed by atoms with E-state index in [1.807, 2.05) is 0 Å². The van der Waals surface area contributed by atoms with E-state index in [0.717, 1.165) is 10.0 Å². The predicted molar refractivity (Wildman–Crippen MR) is 60.0 cm³/mol. The van der Waals surface area contributed by atoms with Gasteiger partial charge in [-0.15, -0.1) is 0 Å². The Bertz CT molecular complexity index is 510. The van der Waals surface area contributed by atoms with Gasteiger partial charge < -0.3 is 4.52 Å². The first-order valence-corrected chi connectivity index (χ1v) is 5.25. The van der Waals surface area contributed by atoms with Gasteiger partial charge in [0.15, 0.2) is 12.0 Å². The molecule has 0 unspecified atom stereocenters. The number of hydrogen-bond acceptors (Lipinski definition) is 3. The molecule has 0 amide bonds. The van der Waals surface area contributed by atoms with Crippen molar-refractivity contribution in [2.75, 3.05) is 0 Å². The Labute approximate surface area is 99.2 Å². The van der Waals surface area contributed by atoms with Crippen molar-refractivity contribution in [3.63, 3.8) is 0 Å². The molecule has 0 saturated heterocycles. The van der Waals surface area contributed by atoms with E-state index >= 15 is 0 Å². The monoisotopic (exact) mass is 285 g/mol. The normalized spacial score (nSPS) is 10.3. The number of aromatic nitrogens is 1. The van der Waals surface area contributed by atoms with Crippen LogP contribution in [0, 0.1) is 0 Å². The van der Waals surface area contributed by atoms with Crippen LogP contribution >= 0.6 is 27.5 Å². The highest BCUT2D eigenvalue weighted by molar-refractivity contribution is 9.10. The molecule has 3 nitrogen and oxygen atoms in total. The van der Waals surface area contributed by atoms with Gasteiger partial charge in [-0.2, -0.15) is 0 Å². The zero-order chi connectivity index (χ0) is 10.8. The van der Waals surface area contributed by atoms with Crippen LogP contribution in [0.15, 0.2) is 33.3 Å². The number of hydrogen-bond donors (Lipinski definition) is 0. The second-order valence-electron chi connectivity index (χ2n) is 2.86.